The Balaban J connectivity index is 1.82. The molecule has 0 bridgehead atoms. The first-order valence-electron chi connectivity index (χ1n) is 7.22. The number of hydrogen-bond donors (Lipinski definition) is 3. The number of fused-ring (bicyclic) bond motifs is 1. The third-order valence-electron chi connectivity index (χ3n) is 3.71. The number of nitrogens with one attached hydrogen (secondary N) is 3. The molecule has 2 aromatic rings. The molecule has 7 nitrogen and oxygen atoms in total. The van der Waals surface area contributed by atoms with Crippen LogP contribution in [0.1, 0.15) is 19.8 Å². The number of pyridine rings is 1. The van der Waals surface area contributed by atoms with Gasteiger partial charge in [0, 0.05) is 25.3 Å². The topological polar surface area (TPSA) is 93.9 Å². The summed E-state index contributed by atoms with van der Waals surface area (Å²) >= 11 is 0. The minimum atomic E-state index is -0.254. The smallest absolute Gasteiger partial charge is 0.323 e. The highest BCUT2D eigenvalue weighted by atomic mass is 16.1. The third kappa shape index (κ3) is 2.81. The van der Waals surface area contributed by atoms with Crippen molar-refractivity contribution in [3.05, 3.63) is 22.7 Å². The number of hydrogen-bond acceptors (Lipinski definition) is 4. The summed E-state index contributed by atoms with van der Waals surface area (Å²) in [6.07, 6.45) is 3.52. The van der Waals surface area contributed by atoms with Gasteiger partial charge < -0.3 is 20.2 Å². The molecule has 1 amide bonds. The molecule has 1 aliphatic heterocycles. The van der Waals surface area contributed by atoms with Crippen molar-refractivity contribution in [3.63, 3.8) is 0 Å². The van der Waals surface area contributed by atoms with Gasteiger partial charge in [-0.05, 0) is 31.8 Å². The molecular formula is C15H17N5O2. The first kappa shape index (κ1) is 14.2. The highest BCUT2D eigenvalue weighted by molar-refractivity contribution is 5.93. The van der Waals surface area contributed by atoms with Crippen LogP contribution < -0.4 is 15.9 Å². The van der Waals surface area contributed by atoms with E-state index in [2.05, 4.69) is 37.0 Å². The number of imidazole rings is 1. The monoisotopic (exact) mass is 299 g/mol. The van der Waals surface area contributed by atoms with Crippen LogP contribution in [0, 0.1) is 11.8 Å². The molecule has 22 heavy (non-hydrogen) atoms. The Labute approximate surface area is 127 Å². The molecule has 0 saturated carbocycles. The highest BCUT2D eigenvalue weighted by Gasteiger charge is 2.23. The number of amides is 1. The zero-order valence-electron chi connectivity index (χ0n) is 12.3. The predicted molar refractivity (Wildman–Crippen MR) is 83.5 cm³/mol. The maximum atomic E-state index is 11.6. The molecule has 1 saturated heterocycles. The number of piperidine rings is 1. The van der Waals surface area contributed by atoms with E-state index < -0.39 is 0 Å². The number of rotatable bonds is 2. The number of nitrogens with zero attached hydrogens (tertiary/aromatic N) is 2. The zero-order valence-corrected chi connectivity index (χ0v) is 12.3. The van der Waals surface area contributed by atoms with E-state index >= 15 is 0 Å². The second-order valence-corrected chi connectivity index (χ2v) is 5.27. The Morgan fingerprint density at radius 1 is 1.50 bits per heavy atom. The van der Waals surface area contributed by atoms with Crippen LogP contribution in [0.2, 0.25) is 0 Å². The van der Waals surface area contributed by atoms with Gasteiger partial charge in [-0.25, -0.2) is 9.78 Å². The molecule has 0 aliphatic carbocycles. The van der Waals surface area contributed by atoms with Gasteiger partial charge in [0.05, 0.1) is 5.52 Å². The van der Waals surface area contributed by atoms with Crippen molar-refractivity contribution in [1.82, 2.24) is 20.3 Å². The zero-order chi connectivity index (χ0) is 15.5. The molecule has 0 aromatic carbocycles. The average Bonchev–Trinajstić information content (AvgIpc) is 2.87. The minimum absolute atomic E-state index is 0.0322. The Morgan fingerprint density at radius 3 is 3.18 bits per heavy atom. The number of H-pyrrole nitrogens is 2. The van der Waals surface area contributed by atoms with E-state index in [4.69, 9.17) is 0 Å². The Kier molecular flexibility index (Phi) is 3.83. The second-order valence-electron chi connectivity index (χ2n) is 5.27. The summed E-state index contributed by atoms with van der Waals surface area (Å²) in [5.41, 5.74) is 1.19. The molecule has 1 aliphatic rings. The number of aromatic amines is 2. The first-order chi connectivity index (χ1) is 10.7. The van der Waals surface area contributed by atoms with Crippen LogP contribution in [0.4, 0.5) is 5.82 Å². The molecule has 0 unspecified atom stereocenters. The van der Waals surface area contributed by atoms with Crippen LogP contribution in [-0.2, 0) is 4.79 Å². The fraction of sp³-hybridized carbons (Fsp3) is 0.400. The van der Waals surface area contributed by atoms with Gasteiger partial charge in [-0.1, -0.05) is 5.92 Å². The molecule has 2 aromatic heterocycles. The van der Waals surface area contributed by atoms with Crippen molar-refractivity contribution in [3.8, 4) is 11.8 Å². The fourth-order valence-electron chi connectivity index (χ4n) is 2.81. The normalized spacial score (nSPS) is 17.9. The summed E-state index contributed by atoms with van der Waals surface area (Å²) in [5.74, 6) is 5.57. The molecular weight excluding hydrogens is 282 g/mol. The van der Waals surface area contributed by atoms with E-state index in [1.807, 2.05) is 0 Å². The van der Waals surface area contributed by atoms with Gasteiger partial charge in [-0.3, -0.25) is 4.79 Å². The van der Waals surface area contributed by atoms with E-state index in [1.54, 1.807) is 19.2 Å². The van der Waals surface area contributed by atoms with Gasteiger partial charge in [0.25, 0.3) is 5.91 Å². The number of carbonyl (C=O) groups is 1. The van der Waals surface area contributed by atoms with Gasteiger partial charge in [0.1, 0.15) is 5.52 Å². The Morgan fingerprint density at radius 2 is 2.36 bits per heavy atom. The lowest BCUT2D eigenvalue weighted by Gasteiger charge is -2.33. The van der Waals surface area contributed by atoms with Crippen molar-refractivity contribution in [2.45, 2.75) is 25.8 Å². The lowest BCUT2D eigenvalue weighted by atomic mass is 10.1. The van der Waals surface area contributed by atoms with Gasteiger partial charge in [0.2, 0.25) is 0 Å². The predicted octanol–water partition coefficient (Wildman–Crippen LogP) is 0.360. The highest BCUT2D eigenvalue weighted by Crippen LogP contribution is 2.23. The molecule has 0 radical (unpaired) electrons. The molecule has 7 heteroatoms. The van der Waals surface area contributed by atoms with Gasteiger partial charge in [-0.2, -0.15) is 0 Å². The van der Waals surface area contributed by atoms with E-state index in [1.165, 1.54) is 0 Å². The van der Waals surface area contributed by atoms with E-state index in [-0.39, 0.29) is 17.6 Å². The summed E-state index contributed by atoms with van der Waals surface area (Å²) in [5, 5.41) is 2.91. The Bertz CT molecular complexity index is 810. The maximum absolute atomic E-state index is 11.6. The molecule has 1 atom stereocenters. The summed E-state index contributed by atoms with van der Waals surface area (Å²) in [6, 6.07) is 1.79. The summed E-state index contributed by atoms with van der Waals surface area (Å²) in [7, 11) is 0. The first-order valence-corrected chi connectivity index (χ1v) is 7.22. The molecule has 114 valence electrons. The van der Waals surface area contributed by atoms with Crippen molar-refractivity contribution < 1.29 is 4.79 Å². The fourth-order valence-corrected chi connectivity index (χ4v) is 2.81. The van der Waals surface area contributed by atoms with Crippen molar-refractivity contribution in [2.75, 3.05) is 18.0 Å². The number of carbonyl (C=O) groups excluding carboxylic acids is 1. The number of anilines is 1. The summed E-state index contributed by atoms with van der Waals surface area (Å²) in [6.45, 7) is 3.13. The van der Waals surface area contributed by atoms with Crippen LogP contribution in [0.15, 0.2) is 17.1 Å². The van der Waals surface area contributed by atoms with Crippen LogP contribution in [0.25, 0.3) is 11.0 Å². The van der Waals surface area contributed by atoms with Crippen molar-refractivity contribution in [2.24, 2.45) is 0 Å². The van der Waals surface area contributed by atoms with Gasteiger partial charge >= 0.3 is 5.69 Å². The molecule has 3 rings (SSSR count). The van der Waals surface area contributed by atoms with Crippen LogP contribution in [0.3, 0.4) is 0 Å². The summed E-state index contributed by atoms with van der Waals surface area (Å²) < 4.78 is 0. The van der Waals surface area contributed by atoms with E-state index in [0.717, 1.165) is 30.7 Å². The standard InChI is InChI=1S/C15H17N5O2/c1-2-4-12(21)17-10-5-3-8-20(9-10)14-13-11(6-7-16-14)18-15(22)19-13/h6-7,10H,3,5,8-9H2,1H3,(H,17,21)(H2,18,19,22)/t10-/m1/s1. The van der Waals surface area contributed by atoms with E-state index in [9.17, 15) is 9.59 Å². The third-order valence-corrected chi connectivity index (χ3v) is 3.71. The number of aromatic nitrogens is 3. The second kappa shape index (κ2) is 5.93. The SMILES string of the molecule is CC#CC(=O)N[C@@H]1CCCN(c2nccc3[nH]c(=O)[nH]c23)C1. The van der Waals surface area contributed by atoms with Gasteiger partial charge in [0.15, 0.2) is 5.82 Å². The summed E-state index contributed by atoms with van der Waals surface area (Å²) in [4.78, 5) is 35.1. The molecule has 0 spiro atoms. The molecule has 1 fully saturated rings. The lowest BCUT2D eigenvalue weighted by molar-refractivity contribution is -0.116. The maximum Gasteiger partial charge on any atom is 0.323 e. The average molecular weight is 299 g/mol. The lowest BCUT2D eigenvalue weighted by Crippen LogP contribution is -2.47. The molecule has 3 heterocycles. The molecule has 3 N–H and O–H groups in total. The van der Waals surface area contributed by atoms with E-state index in [0.29, 0.717) is 12.1 Å². The van der Waals surface area contributed by atoms with Gasteiger partial charge in [-0.15, -0.1) is 0 Å². The van der Waals surface area contributed by atoms with Crippen molar-refractivity contribution in [1.29, 1.82) is 0 Å². The quantitative estimate of drug-likeness (QED) is 0.698. The Hall–Kier alpha value is -2.75. The van der Waals surface area contributed by atoms with Crippen LogP contribution >= 0.6 is 0 Å². The van der Waals surface area contributed by atoms with Crippen molar-refractivity contribution >= 4 is 22.8 Å². The largest absolute Gasteiger partial charge is 0.353 e. The van der Waals surface area contributed by atoms with Crippen LogP contribution in [-0.4, -0.2) is 40.0 Å². The minimum Gasteiger partial charge on any atom is -0.353 e. The van der Waals surface area contributed by atoms with Crippen LogP contribution in [0.5, 0.6) is 0 Å².